The smallest absolute Gasteiger partial charge is 0.244 e. The van der Waals surface area contributed by atoms with Gasteiger partial charge in [0.15, 0.2) is 0 Å². The third kappa shape index (κ3) is 4.54. The van der Waals surface area contributed by atoms with Gasteiger partial charge in [-0.1, -0.05) is 13.8 Å². The fourth-order valence-corrected chi connectivity index (χ4v) is 5.08. The zero-order valence-electron chi connectivity index (χ0n) is 15.7. The topological polar surface area (TPSA) is 74.8 Å². The first kappa shape index (κ1) is 19.5. The number of hydrogen-bond acceptors (Lipinski definition) is 6. The van der Waals surface area contributed by atoms with Gasteiger partial charge in [0.2, 0.25) is 10.0 Å². The number of nitrogens with one attached hydrogen (secondary N) is 1. The Hall–Kier alpha value is -1.22. The van der Waals surface area contributed by atoms with Crippen molar-refractivity contribution in [1.29, 1.82) is 0 Å². The Morgan fingerprint density at radius 2 is 1.85 bits per heavy atom. The molecule has 2 saturated heterocycles. The number of anilines is 1. The Bertz CT molecular complexity index is 666. The summed E-state index contributed by atoms with van der Waals surface area (Å²) in [7, 11) is -3.40. The Morgan fingerprint density at radius 1 is 1.15 bits per heavy atom. The highest BCUT2D eigenvalue weighted by molar-refractivity contribution is 7.89. The van der Waals surface area contributed by atoms with E-state index >= 15 is 0 Å². The molecule has 0 spiro atoms. The first-order chi connectivity index (χ1) is 12.5. The number of sulfonamides is 1. The first-order valence-corrected chi connectivity index (χ1v) is 10.9. The van der Waals surface area contributed by atoms with E-state index in [0.29, 0.717) is 30.9 Å². The van der Waals surface area contributed by atoms with Crippen LogP contribution in [-0.4, -0.2) is 74.6 Å². The molecule has 2 fully saturated rings. The standard InChI is InChI=1S/C18H30N4O3S/c1-15(2)17(21-9-11-25-12-10-21)14-20-18-6-5-16(13-19-18)26(23,24)22-7-3-4-8-22/h5-6,13,15,17H,3-4,7-12,14H2,1-2H3,(H,19,20). The molecule has 1 unspecified atom stereocenters. The Labute approximate surface area is 156 Å². The van der Waals surface area contributed by atoms with E-state index in [1.54, 1.807) is 16.4 Å². The second-order valence-corrected chi connectivity index (χ2v) is 9.27. The molecule has 0 aliphatic carbocycles. The average Bonchev–Trinajstić information content (AvgIpc) is 3.18. The van der Waals surface area contributed by atoms with Crippen molar-refractivity contribution in [3.8, 4) is 0 Å². The van der Waals surface area contributed by atoms with E-state index in [1.807, 2.05) is 0 Å². The van der Waals surface area contributed by atoms with Crippen LogP contribution in [0.2, 0.25) is 0 Å². The molecule has 0 amide bonds. The van der Waals surface area contributed by atoms with Crippen LogP contribution in [-0.2, 0) is 14.8 Å². The van der Waals surface area contributed by atoms with E-state index in [9.17, 15) is 8.42 Å². The summed E-state index contributed by atoms with van der Waals surface area (Å²) in [6, 6.07) is 3.82. The molecule has 0 saturated carbocycles. The quantitative estimate of drug-likeness (QED) is 0.773. The van der Waals surface area contributed by atoms with Gasteiger partial charge in [-0.25, -0.2) is 13.4 Å². The van der Waals surface area contributed by atoms with Crippen molar-refractivity contribution < 1.29 is 13.2 Å². The van der Waals surface area contributed by atoms with E-state index < -0.39 is 10.0 Å². The van der Waals surface area contributed by atoms with Crippen molar-refractivity contribution in [3.05, 3.63) is 18.3 Å². The number of nitrogens with zero attached hydrogens (tertiary/aromatic N) is 3. The molecule has 146 valence electrons. The maximum Gasteiger partial charge on any atom is 0.244 e. The molecule has 1 aromatic rings. The SMILES string of the molecule is CC(C)C(CNc1ccc(S(=O)(=O)N2CCCC2)cn1)N1CCOCC1. The van der Waals surface area contributed by atoms with Crippen LogP contribution in [0.1, 0.15) is 26.7 Å². The summed E-state index contributed by atoms with van der Waals surface area (Å²) in [6.07, 6.45) is 3.34. The highest BCUT2D eigenvalue weighted by Crippen LogP contribution is 2.21. The van der Waals surface area contributed by atoms with Crippen LogP contribution in [0, 0.1) is 5.92 Å². The molecule has 0 bridgehead atoms. The predicted molar refractivity (Wildman–Crippen MR) is 102 cm³/mol. The lowest BCUT2D eigenvalue weighted by molar-refractivity contribution is 0.00953. The van der Waals surface area contributed by atoms with Crippen molar-refractivity contribution in [3.63, 3.8) is 0 Å². The normalized spacial score (nSPS) is 21.2. The maximum atomic E-state index is 12.6. The second-order valence-electron chi connectivity index (χ2n) is 7.33. The van der Waals surface area contributed by atoms with Gasteiger partial charge in [-0.15, -0.1) is 0 Å². The molecular weight excluding hydrogens is 352 g/mol. The van der Waals surface area contributed by atoms with Gasteiger partial charge in [0.25, 0.3) is 0 Å². The summed E-state index contributed by atoms with van der Waals surface area (Å²) < 4.78 is 32.1. The fourth-order valence-electron chi connectivity index (χ4n) is 3.62. The lowest BCUT2D eigenvalue weighted by Gasteiger charge is -2.37. The van der Waals surface area contributed by atoms with Crippen molar-refractivity contribution in [2.24, 2.45) is 5.92 Å². The van der Waals surface area contributed by atoms with Crippen LogP contribution in [0.4, 0.5) is 5.82 Å². The fraction of sp³-hybridized carbons (Fsp3) is 0.722. The molecule has 3 heterocycles. The maximum absolute atomic E-state index is 12.6. The zero-order chi connectivity index (χ0) is 18.6. The van der Waals surface area contributed by atoms with Crippen molar-refractivity contribution >= 4 is 15.8 Å². The Balaban J connectivity index is 1.61. The van der Waals surface area contributed by atoms with E-state index in [4.69, 9.17) is 4.74 Å². The van der Waals surface area contributed by atoms with Gasteiger partial charge in [-0.05, 0) is 30.9 Å². The zero-order valence-corrected chi connectivity index (χ0v) is 16.5. The molecule has 26 heavy (non-hydrogen) atoms. The van der Waals surface area contributed by atoms with Crippen LogP contribution in [0.3, 0.4) is 0 Å². The summed E-state index contributed by atoms with van der Waals surface area (Å²) in [4.78, 5) is 7.06. The van der Waals surface area contributed by atoms with Crippen molar-refractivity contribution in [2.75, 3.05) is 51.3 Å². The van der Waals surface area contributed by atoms with Crippen molar-refractivity contribution in [1.82, 2.24) is 14.2 Å². The van der Waals surface area contributed by atoms with E-state index in [0.717, 1.165) is 45.7 Å². The van der Waals surface area contributed by atoms with Gasteiger partial charge in [-0.2, -0.15) is 4.31 Å². The largest absolute Gasteiger partial charge is 0.379 e. The number of rotatable bonds is 7. The lowest BCUT2D eigenvalue weighted by atomic mass is 10.0. The van der Waals surface area contributed by atoms with E-state index in [1.165, 1.54) is 6.20 Å². The molecule has 1 N–H and O–H groups in total. The molecule has 0 aromatic carbocycles. The highest BCUT2D eigenvalue weighted by atomic mass is 32.2. The van der Waals surface area contributed by atoms with Gasteiger partial charge >= 0.3 is 0 Å². The minimum atomic E-state index is -3.40. The van der Waals surface area contributed by atoms with Gasteiger partial charge in [0, 0.05) is 45.0 Å². The van der Waals surface area contributed by atoms with Crippen LogP contribution < -0.4 is 5.32 Å². The Morgan fingerprint density at radius 3 is 2.42 bits per heavy atom. The van der Waals surface area contributed by atoms with Crippen LogP contribution in [0.5, 0.6) is 0 Å². The molecule has 2 aliphatic rings. The summed E-state index contributed by atoms with van der Waals surface area (Å²) in [6.45, 7) is 9.91. The molecule has 3 rings (SSSR count). The van der Waals surface area contributed by atoms with Crippen molar-refractivity contribution in [2.45, 2.75) is 37.6 Å². The van der Waals surface area contributed by atoms with Gasteiger partial charge in [-0.3, -0.25) is 4.90 Å². The molecule has 2 aliphatic heterocycles. The number of aromatic nitrogens is 1. The summed E-state index contributed by atoms with van der Waals surface area (Å²) in [5.41, 5.74) is 0. The number of pyridine rings is 1. The van der Waals surface area contributed by atoms with Crippen LogP contribution in [0.25, 0.3) is 0 Å². The molecule has 7 nitrogen and oxygen atoms in total. The van der Waals surface area contributed by atoms with E-state index in [-0.39, 0.29) is 4.90 Å². The minimum Gasteiger partial charge on any atom is -0.379 e. The Kier molecular flexibility index (Phi) is 6.50. The van der Waals surface area contributed by atoms with E-state index in [2.05, 4.69) is 29.0 Å². The highest BCUT2D eigenvalue weighted by Gasteiger charge is 2.27. The third-order valence-electron chi connectivity index (χ3n) is 5.22. The first-order valence-electron chi connectivity index (χ1n) is 9.50. The number of morpholine rings is 1. The van der Waals surface area contributed by atoms with Gasteiger partial charge in [0.05, 0.1) is 13.2 Å². The minimum absolute atomic E-state index is 0.276. The molecule has 8 heteroatoms. The lowest BCUT2D eigenvalue weighted by Crippen LogP contribution is -2.49. The predicted octanol–water partition coefficient (Wildman–Crippen LogP) is 1.63. The number of hydrogen-bond donors (Lipinski definition) is 1. The summed E-state index contributed by atoms with van der Waals surface area (Å²) in [5.74, 6) is 1.22. The van der Waals surface area contributed by atoms with Gasteiger partial charge in [0.1, 0.15) is 10.7 Å². The van der Waals surface area contributed by atoms with Crippen LogP contribution >= 0.6 is 0 Å². The molecule has 0 radical (unpaired) electrons. The molecular formula is C18H30N4O3S. The third-order valence-corrected chi connectivity index (χ3v) is 7.10. The van der Waals surface area contributed by atoms with Crippen LogP contribution in [0.15, 0.2) is 23.2 Å². The second kappa shape index (κ2) is 8.65. The number of ether oxygens (including phenoxy) is 1. The molecule has 1 aromatic heterocycles. The molecule has 1 atom stereocenters. The summed E-state index contributed by atoms with van der Waals surface area (Å²) >= 11 is 0. The average molecular weight is 383 g/mol. The summed E-state index contributed by atoms with van der Waals surface area (Å²) in [5, 5.41) is 3.37. The monoisotopic (exact) mass is 382 g/mol. The van der Waals surface area contributed by atoms with Gasteiger partial charge < -0.3 is 10.1 Å².